The summed E-state index contributed by atoms with van der Waals surface area (Å²) in [6.07, 6.45) is 0.843. The number of halogens is 2. The van der Waals surface area contributed by atoms with E-state index in [2.05, 4.69) is 0 Å². The first kappa shape index (κ1) is 22.4. The number of nitrogens with zero attached hydrogens (tertiary/aromatic N) is 1. The van der Waals surface area contributed by atoms with E-state index in [9.17, 15) is 14.7 Å². The molecule has 30 heavy (non-hydrogen) atoms. The van der Waals surface area contributed by atoms with Crippen LogP contribution >= 0.6 is 23.2 Å². The van der Waals surface area contributed by atoms with Gasteiger partial charge in [0.15, 0.2) is 0 Å². The van der Waals surface area contributed by atoms with Crippen LogP contribution in [0.4, 0.5) is 4.79 Å². The average molecular weight is 450 g/mol. The van der Waals surface area contributed by atoms with Crippen LogP contribution in [0, 0.1) is 0 Å². The second-order valence-electron chi connectivity index (χ2n) is 8.52. The van der Waals surface area contributed by atoms with Gasteiger partial charge in [0.2, 0.25) is 0 Å². The monoisotopic (exact) mass is 449 g/mol. The number of benzene rings is 2. The average Bonchev–Trinajstić information content (AvgIpc) is 2.66. The van der Waals surface area contributed by atoms with Gasteiger partial charge in [-0.2, -0.15) is 0 Å². The molecule has 3 rings (SSSR count). The maximum Gasteiger partial charge on any atom is 0.410 e. The molecule has 2 aromatic rings. The van der Waals surface area contributed by atoms with Crippen molar-refractivity contribution in [3.8, 4) is 0 Å². The summed E-state index contributed by atoms with van der Waals surface area (Å²) in [4.78, 5) is 26.2. The third-order valence-electron chi connectivity index (χ3n) is 5.30. The van der Waals surface area contributed by atoms with Crippen LogP contribution in [0.1, 0.15) is 72.6 Å². The molecule has 0 bridgehead atoms. The van der Waals surface area contributed by atoms with E-state index in [-0.39, 0.29) is 11.5 Å². The predicted octanol–water partition coefficient (Wildman–Crippen LogP) is 6.53. The molecule has 0 saturated carbocycles. The Bertz CT molecular complexity index is 984. The first-order chi connectivity index (χ1) is 14.0. The Balaban J connectivity index is 2.08. The topological polar surface area (TPSA) is 66.8 Å². The molecule has 1 amide bonds. The summed E-state index contributed by atoms with van der Waals surface area (Å²) in [5.41, 5.74) is 2.03. The van der Waals surface area contributed by atoms with E-state index in [1.54, 1.807) is 46.0 Å². The lowest BCUT2D eigenvalue weighted by Gasteiger charge is -2.38. The molecule has 2 atom stereocenters. The van der Waals surface area contributed by atoms with Gasteiger partial charge in [0.25, 0.3) is 0 Å². The normalized spacial score (nSPS) is 18.5. The molecular formula is C23H25Cl2NO4. The summed E-state index contributed by atoms with van der Waals surface area (Å²) in [6, 6.07) is 10.3. The number of hydrogen-bond donors (Lipinski definition) is 1. The molecule has 1 aliphatic rings. The van der Waals surface area contributed by atoms with Gasteiger partial charge in [0, 0.05) is 13.0 Å². The molecule has 0 fully saturated rings. The van der Waals surface area contributed by atoms with Gasteiger partial charge < -0.3 is 14.7 Å². The first-order valence-corrected chi connectivity index (χ1v) is 10.5. The fourth-order valence-electron chi connectivity index (χ4n) is 3.99. The van der Waals surface area contributed by atoms with Crippen LogP contribution in [0.15, 0.2) is 36.4 Å². The molecule has 0 aliphatic heterocycles. The van der Waals surface area contributed by atoms with Gasteiger partial charge >= 0.3 is 12.1 Å². The lowest BCUT2D eigenvalue weighted by molar-refractivity contribution is 0.0199. The Labute approximate surface area is 186 Å². The van der Waals surface area contributed by atoms with Crippen LogP contribution < -0.4 is 0 Å². The molecule has 0 aromatic heterocycles. The summed E-state index contributed by atoms with van der Waals surface area (Å²) in [5.74, 6) is -1.07. The lowest BCUT2D eigenvalue weighted by Crippen LogP contribution is -2.39. The predicted molar refractivity (Wildman–Crippen MR) is 118 cm³/mol. The highest BCUT2D eigenvalue weighted by molar-refractivity contribution is 6.42. The summed E-state index contributed by atoms with van der Waals surface area (Å²) in [5, 5.41) is 10.8. The number of carbonyl (C=O) groups is 2. The van der Waals surface area contributed by atoms with E-state index in [4.69, 9.17) is 27.9 Å². The second kappa shape index (κ2) is 8.48. The number of fused-ring (bicyclic) bond motifs is 1. The van der Waals surface area contributed by atoms with Crippen LogP contribution in [0.2, 0.25) is 10.0 Å². The summed E-state index contributed by atoms with van der Waals surface area (Å²) in [6.45, 7) is 5.41. The van der Waals surface area contributed by atoms with Crippen molar-refractivity contribution in [3.05, 3.63) is 68.7 Å². The zero-order valence-corrected chi connectivity index (χ0v) is 18.9. The standard InChI is InChI=1S/C23H25Cl2NO4/c1-23(2,3)30-22(29)26(4)19-11-9-14(13-8-10-17(24)18(25)12-13)15-6-5-7-16(20(15)19)21(27)28/h5-8,10,12,14,19H,9,11H2,1-4H3,(H,27,28)/t14-,19-/m0/s1. The summed E-state index contributed by atoms with van der Waals surface area (Å²) < 4.78 is 5.52. The Kier molecular flexibility index (Phi) is 6.34. The summed E-state index contributed by atoms with van der Waals surface area (Å²) in [7, 11) is 1.65. The number of amides is 1. The maximum absolute atomic E-state index is 12.7. The Morgan fingerprint density at radius 2 is 1.80 bits per heavy atom. The number of ether oxygens (including phenoxy) is 1. The highest BCUT2D eigenvalue weighted by Crippen LogP contribution is 2.45. The minimum Gasteiger partial charge on any atom is -0.478 e. The molecule has 5 nitrogen and oxygen atoms in total. The van der Waals surface area contributed by atoms with Crippen LogP contribution in [0.3, 0.4) is 0 Å². The number of rotatable bonds is 3. The molecule has 1 aliphatic carbocycles. The van der Waals surface area contributed by atoms with E-state index >= 15 is 0 Å². The molecule has 0 heterocycles. The number of carboxylic acids is 1. The zero-order chi connectivity index (χ0) is 22.2. The molecule has 0 radical (unpaired) electrons. The van der Waals surface area contributed by atoms with Gasteiger partial charge in [-0.3, -0.25) is 0 Å². The quantitative estimate of drug-likeness (QED) is 0.578. The van der Waals surface area contributed by atoms with Crippen LogP contribution in [-0.4, -0.2) is 34.7 Å². The second-order valence-corrected chi connectivity index (χ2v) is 9.34. The van der Waals surface area contributed by atoms with Crippen molar-refractivity contribution in [1.29, 1.82) is 0 Å². The lowest BCUT2D eigenvalue weighted by atomic mass is 9.74. The van der Waals surface area contributed by atoms with Crippen molar-refractivity contribution >= 4 is 35.3 Å². The third-order valence-corrected chi connectivity index (χ3v) is 6.04. The van der Waals surface area contributed by atoms with Crippen molar-refractivity contribution in [2.24, 2.45) is 0 Å². The van der Waals surface area contributed by atoms with Gasteiger partial charge in [-0.1, -0.05) is 41.4 Å². The maximum atomic E-state index is 12.7. The van der Waals surface area contributed by atoms with Crippen molar-refractivity contribution in [2.45, 2.75) is 51.2 Å². The van der Waals surface area contributed by atoms with Crippen molar-refractivity contribution < 1.29 is 19.4 Å². The zero-order valence-electron chi connectivity index (χ0n) is 17.4. The van der Waals surface area contributed by atoms with E-state index in [0.717, 1.165) is 17.5 Å². The molecule has 0 saturated heterocycles. The molecule has 0 unspecified atom stereocenters. The number of carboxylic acid groups (broad SMARTS) is 1. The first-order valence-electron chi connectivity index (χ1n) is 9.76. The van der Waals surface area contributed by atoms with Crippen molar-refractivity contribution in [2.75, 3.05) is 7.05 Å². The molecule has 7 heteroatoms. The van der Waals surface area contributed by atoms with Gasteiger partial charge in [-0.15, -0.1) is 0 Å². The minimum absolute atomic E-state index is 0.0441. The fraction of sp³-hybridized carbons (Fsp3) is 0.391. The summed E-state index contributed by atoms with van der Waals surface area (Å²) >= 11 is 12.3. The van der Waals surface area contributed by atoms with E-state index in [0.29, 0.717) is 22.0 Å². The van der Waals surface area contributed by atoms with Crippen molar-refractivity contribution in [1.82, 2.24) is 4.90 Å². The van der Waals surface area contributed by atoms with Gasteiger partial charge in [-0.05, 0) is 68.5 Å². The largest absolute Gasteiger partial charge is 0.478 e. The molecule has 160 valence electrons. The van der Waals surface area contributed by atoms with E-state index < -0.39 is 23.7 Å². The molecule has 2 aromatic carbocycles. The van der Waals surface area contributed by atoms with Gasteiger partial charge in [-0.25, -0.2) is 9.59 Å². The highest BCUT2D eigenvalue weighted by Gasteiger charge is 2.36. The molecule has 1 N–H and O–H groups in total. The fourth-order valence-corrected chi connectivity index (χ4v) is 4.30. The van der Waals surface area contributed by atoms with Crippen molar-refractivity contribution in [3.63, 3.8) is 0 Å². The van der Waals surface area contributed by atoms with Crippen LogP contribution in [0.25, 0.3) is 0 Å². The van der Waals surface area contributed by atoms with Gasteiger partial charge in [0.1, 0.15) is 5.60 Å². The SMILES string of the molecule is CN(C(=O)OC(C)(C)C)[C@H]1CC[C@@H](c2ccc(Cl)c(Cl)c2)c2cccc(C(=O)O)c21. The smallest absolute Gasteiger partial charge is 0.410 e. The van der Waals surface area contributed by atoms with E-state index in [1.807, 2.05) is 18.2 Å². The Morgan fingerprint density at radius 1 is 1.10 bits per heavy atom. The van der Waals surface area contributed by atoms with Gasteiger partial charge in [0.05, 0.1) is 21.7 Å². The number of aromatic carboxylic acids is 1. The Morgan fingerprint density at radius 3 is 2.40 bits per heavy atom. The number of hydrogen-bond acceptors (Lipinski definition) is 3. The van der Waals surface area contributed by atoms with Crippen LogP contribution in [0.5, 0.6) is 0 Å². The van der Waals surface area contributed by atoms with Crippen LogP contribution in [-0.2, 0) is 4.74 Å². The van der Waals surface area contributed by atoms with E-state index in [1.165, 1.54) is 4.90 Å². The molecule has 0 spiro atoms. The Hall–Kier alpha value is -2.24. The third kappa shape index (κ3) is 4.57. The number of carbonyl (C=O) groups excluding carboxylic acids is 1. The highest BCUT2D eigenvalue weighted by atomic mass is 35.5. The minimum atomic E-state index is -1.02. The molecular weight excluding hydrogens is 425 g/mol.